The Hall–Kier alpha value is -2.27. The highest BCUT2D eigenvalue weighted by molar-refractivity contribution is 5.82. The molecule has 2 aromatic heterocycles. The van der Waals surface area contributed by atoms with Gasteiger partial charge in [0.1, 0.15) is 0 Å². The molecule has 1 atom stereocenters. The minimum atomic E-state index is 0.323. The van der Waals surface area contributed by atoms with Gasteiger partial charge in [0.2, 0.25) is 11.7 Å². The van der Waals surface area contributed by atoms with Gasteiger partial charge in [0.05, 0.1) is 5.52 Å². The average molecular weight is 282 g/mol. The molecule has 0 aliphatic heterocycles. The van der Waals surface area contributed by atoms with Gasteiger partial charge in [-0.2, -0.15) is 4.98 Å². The van der Waals surface area contributed by atoms with E-state index in [4.69, 9.17) is 4.52 Å². The average Bonchev–Trinajstić information content (AvgIpc) is 2.95. The second-order valence-corrected chi connectivity index (χ2v) is 5.09. The van der Waals surface area contributed by atoms with Crippen LogP contribution in [0.4, 0.5) is 0 Å². The van der Waals surface area contributed by atoms with Crippen LogP contribution in [0.5, 0.6) is 0 Å². The number of pyridine rings is 1. The normalized spacial score (nSPS) is 12.7. The summed E-state index contributed by atoms with van der Waals surface area (Å²) in [6, 6.07) is 10.3. The Morgan fingerprint density at radius 2 is 2.19 bits per heavy atom. The molecule has 3 aromatic rings. The summed E-state index contributed by atoms with van der Waals surface area (Å²) in [5.74, 6) is 1.28. The largest absolute Gasteiger partial charge is 0.339 e. The number of hydrogen-bond donors (Lipinski definition) is 1. The molecule has 0 aliphatic rings. The topological polar surface area (TPSA) is 63.8 Å². The Morgan fingerprint density at radius 1 is 1.29 bits per heavy atom. The fraction of sp³-hybridized carbons (Fsp3) is 0.312. The fourth-order valence-electron chi connectivity index (χ4n) is 2.35. The zero-order valence-corrected chi connectivity index (χ0v) is 12.2. The van der Waals surface area contributed by atoms with Gasteiger partial charge in [-0.1, -0.05) is 18.1 Å². The van der Waals surface area contributed by atoms with Crippen molar-refractivity contribution in [3.8, 4) is 11.4 Å². The number of aromatic nitrogens is 3. The van der Waals surface area contributed by atoms with Gasteiger partial charge in [0.25, 0.3) is 0 Å². The van der Waals surface area contributed by atoms with Crippen molar-refractivity contribution in [2.75, 3.05) is 6.54 Å². The summed E-state index contributed by atoms with van der Waals surface area (Å²) in [6.07, 6.45) is 2.52. The predicted molar refractivity (Wildman–Crippen MR) is 81.9 cm³/mol. The monoisotopic (exact) mass is 282 g/mol. The maximum absolute atomic E-state index is 5.33. The third kappa shape index (κ3) is 3.08. The Morgan fingerprint density at radius 3 is 3.05 bits per heavy atom. The third-order valence-corrected chi connectivity index (χ3v) is 3.36. The van der Waals surface area contributed by atoms with Crippen LogP contribution in [-0.4, -0.2) is 27.7 Å². The van der Waals surface area contributed by atoms with E-state index >= 15 is 0 Å². The van der Waals surface area contributed by atoms with Crippen molar-refractivity contribution >= 4 is 10.9 Å². The van der Waals surface area contributed by atoms with Crippen LogP contribution in [0.25, 0.3) is 22.3 Å². The van der Waals surface area contributed by atoms with Crippen LogP contribution in [0.2, 0.25) is 0 Å². The van der Waals surface area contributed by atoms with E-state index in [0.29, 0.717) is 17.8 Å². The second kappa shape index (κ2) is 6.01. The Labute approximate surface area is 123 Å². The lowest BCUT2D eigenvalue weighted by Crippen LogP contribution is -2.27. The summed E-state index contributed by atoms with van der Waals surface area (Å²) >= 11 is 0. The standard InChI is InChI=1S/C16H18N4O/c1-3-17-11(2)9-15-19-16(20-21-15)13-6-7-14-12(10-13)5-4-8-18-14/h4-8,10-11,17H,3,9H2,1-2H3. The number of likely N-dealkylation sites (N-methyl/N-ethyl adjacent to an activating group) is 1. The van der Waals surface area contributed by atoms with Crippen molar-refractivity contribution in [1.82, 2.24) is 20.4 Å². The summed E-state index contributed by atoms with van der Waals surface area (Å²) < 4.78 is 5.33. The Kier molecular flexibility index (Phi) is 3.92. The van der Waals surface area contributed by atoms with E-state index in [1.165, 1.54) is 0 Å². The van der Waals surface area contributed by atoms with E-state index in [9.17, 15) is 0 Å². The lowest BCUT2D eigenvalue weighted by molar-refractivity contribution is 0.363. The van der Waals surface area contributed by atoms with Crippen LogP contribution in [0.15, 0.2) is 41.1 Å². The first-order chi connectivity index (χ1) is 10.3. The minimum absolute atomic E-state index is 0.323. The van der Waals surface area contributed by atoms with Crippen LogP contribution < -0.4 is 5.32 Å². The number of hydrogen-bond acceptors (Lipinski definition) is 5. The van der Waals surface area contributed by atoms with Gasteiger partial charge in [0, 0.05) is 29.6 Å². The van der Waals surface area contributed by atoms with Gasteiger partial charge in [-0.3, -0.25) is 4.98 Å². The van der Waals surface area contributed by atoms with Crippen molar-refractivity contribution in [2.24, 2.45) is 0 Å². The van der Waals surface area contributed by atoms with E-state index in [2.05, 4.69) is 34.3 Å². The molecule has 1 unspecified atom stereocenters. The zero-order valence-electron chi connectivity index (χ0n) is 12.2. The Bertz CT molecular complexity index is 738. The molecule has 0 amide bonds. The smallest absolute Gasteiger partial charge is 0.228 e. The van der Waals surface area contributed by atoms with Crippen molar-refractivity contribution in [2.45, 2.75) is 26.3 Å². The van der Waals surface area contributed by atoms with Crippen molar-refractivity contribution in [3.63, 3.8) is 0 Å². The van der Waals surface area contributed by atoms with Crippen molar-refractivity contribution in [3.05, 3.63) is 42.4 Å². The highest BCUT2D eigenvalue weighted by Gasteiger charge is 2.12. The second-order valence-electron chi connectivity index (χ2n) is 5.09. The molecular weight excluding hydrogens is 264 g/mol. The predicted octanol–water partition coefficient (Wildman–Crippen LogP) is 2.83. The molecule has 1 aromatic carbocycles. The van der Waals surface area contributed by atoms with Crippen LogP contribution in [0.3, 0.4) is 0 Å². The number of benzene rings is 1. The van der Waals surface area contributed by atoms with E-state index in [1.54, 1.807) is 6.20 Å². The van der Waals surface area contributed by atoms with Gasteiger partial charge in [0.15, 0.2) is 0 Å². The number of fused-ring (bicyclic) bond motifs is 1. The lowest BCUT2D eigenvalue weighted by atomic mass is 10.1. The molecule has 0 saturated carbocycles. The molecule has 108 valence electrons. The molecule has 0 fully saturated rings. The first kappa shape index (κ1) is 13.7. The summed E-state index contributed by atoms with van der Waals surface area (Å²) in [5, 5.41) is 8.47. The molecule has 5 heteroatoms. The van der Waals surface area contributed by atoms with Gasteiger partial charge in [-0.05, 0) is 37.7 Å². The van der Waals surface area contributed by atoms with Crippen molar-refractivity contribution < 1.29 is 4.52 Å². The molecule has 0 aliphatic carbocycles. The van der Waals surface area contributed by atoms with Gasteiger partial charge < -0.3 is 9.84 Å². The molecule has 0 saturated heterocycles. The van der Waals surface area contributed by atoms with Crippen LogP contribution in [0, 0.1) is 0 Å². The number of nitrogens with zero attached hydrogens (tertiary/aromatic N) is 3. The summed E-state index contributed by atoms with van der Waals surface area (Å²) in [6.45, 7) is 5.12. The van der Waals surface area contributed by atoms with Crippen molar-refractivity contribution in [1.29, 1.82) is 0 Å². The first-order valence-electron chi connectivity index (χ1n) is 7.17. The first-order valence-corrected chi connectivity index (χ1v) is 7.17. The van der Waals surface area contributed by atoms with Crippen LogP contribution >= 0.6 is 0 Å². The van der Waals surface area contributed by atoms with Crippen LogP contribution in [-0.2, 0) is 6.42 Å². The zero-order chi connectivity index (χ0) is 14.7. The summed E-state index contributed by atoms with van der Waals surface area (Å²) in [4.78, 5) is 8.78. The molecule has 0 spiro atoms. The third-order valence-electron chi connectivity index (χ3n) is 3.36. The molecule has 3 rings (SSSR count). The number of rotatable bonds is 5. The van der Waals surface area contributed by atoms with Gasteiger partial charge in [-0.25, -0.2) is 0 Å². The molecule has 1 N–H and O–H groups in total. The molecule has 0 radical (unpaired) electrons. The van der Waals surface area contributed by atoms with Gasteiger partial charge >= 0.3 is 0 Å². The highest BCUT2D eigenvalue weighted by Crippen LogP contribution is 2.21. The molecule has 2 heterocycles. The summed E-state index contributed by atoms with van der Waals surface area (Å²) in [5.41, 5.74) is 1.91. The lowest BCUT2D eigenvalue weighted by Gasteiger charge is -2.07. The SMILES string of the molecule is CCNC(C)Cc1nc(-c2ccc3ncccc3c2)no1. The van der Waals surface area contributed by atoms with Gasteiger partial charge in [-0.15, -0.1) is 0 Å². The van der Waals surface area contributed by atoms with E-state index in [1.807, 2.05) is 30.3 Å². The molecule has 21 heavy (non-hydrogen) atoms. The quantitative estimate of drug-likeness (QED) is 0.779. The van der Waals surface area contributed by atoms with E-state index in [-0.39, 0.29) is 0 Å². The fourth-order valence-corrected chi connectivity index (χ4v) is 2.35. The minimum Gasteiger partial charge on any atom is -0.339 e. The maximum Gasteiger partial charge on any atom is 0.228 e. The highest BCUT2D eigenvalue weighted by atomic mass is 16.5. The summed E-state index contributed by atoms with van der Waals surface area (Å²) in [7, 11) is 0. The molecule has 5 nitrogen and oxygen atoms in total. The Balaban J connectivity index is 1.84. The van der Waals surface area contributed by atoms with E-state index < -0.39 is 0 Å². The molecule has 0 bridgehead atoms. The number of nitrogens with one attached hydrogen (secondary N) is 1. The van der Waals surface area contributed by atoms with Crippen LogP contribution in [0.1, 0.15) is 19.7 Å². The molecular formula is C16H18N4O. The maximum atomic E-state index is 5.33. The van der Waals surface area contributed by atoms with E-state index in [0.717, 1.165) is 29.4 Å².